The molecule has 1 aliphatic rings. The summed E-state index contributed by atoms with van der Waals surface area (Å²) in [5.74, 6) is 0.746. The maximum atomic E-state index is 11.6. The fourth-order valence-corrected chi connectivity index (χ4v) is 3.26. The zero-order chi connectivity index (χ0) is 17.6. The van der Waals surface area contributed by atoms with Gasteiger partial charge in [-0.05, 0) is 65.0 Å². The Morgan fingerprint density at radius 3 is 2.88 bits per heavy atom. The third-order valence-electron chi connectivity index (χ3n) is 4.32. The van der Waals surface area contributed by atoms with Gasteiger partial charge in [-0.15, -0.1) is 0 Å². The number of amides is 1. The van der Waals surface area contributed by atoms with Crippen LogP contribution in [0.2, 0.25) is 0 Å². The lowest BCUT2D eigenvalue weighted by Crippen LogP contribution is -2.33. The number of carbonyl (C=O) groups excluding carboxylic acids is 1. The summed E-state index contributed by atoms with van der Waals surface area (Å²) in [6.07, 6.45) is 3.13. The molecule has 1 amide bonds. The molecule has 24 heavy (non-hydrogen) atoms. The molecule has 0 aromatic heterocycles. The van der Waals surface area contributed by atoms with Gasteiger partial charge in [-0.25, -0.2) is 4.79 Å². The van der Waals surface area contributed by atoms with Gasteiger partial charge in [0.1, 0.15) is 5.60 Å². The third-order valence-corrected chi connectivity index (χ3v) is 4.32. The van der Waals surface area contributed by atoms with E-state index in [4.69, 9.17) is 4.74 Å². The minimum Gasteiger partial charge on any atom is -0.444 e. The molecule has 0 bridgehead atoms. The Kier molecular flexibility index (Phi) is 6.67. The fourth-order valence-electron chi connectivity index (χ4n) is 3.26. The van der Waals surface area contributed by atoms with Crippen LogP contribution in [0, 0.1) is 12.8 Å². The summed E-state index contributed by atoms with van der Waals surface area (Å²) >= 11 is 0. The van der Waals surface area contributed by atoms with E-state index in [1.165, 1.54) is 37.1 Å². The molecule has 134 valence electrons. The van der Waals surface area contributed by atoms with E-state index in [0.717, 1.165) is 18.9 Å². The normalized spacial score (nSPS) is 18.6. The predicted octanol–water partition coefficient (Wildman–Crippen LogP) is 4.12. The van der Waals surface area contributed by atoms with Crippen molar-refractivity contribution >= 4 is 6.09 Å². The van der Waals surface area contributed by atoms with Gasteiger partial charge in [-0.3, -0.25) is 4.90 Å². The van der Waals surface area contributed by atoms with E-state index in [0.29, 0.717) is 6.54 Å². The molecular formula is C20H32N2O2. The van der Waals surface area contributed by atoms with Gasteiger partial charge in [-0.2, -0.15) is 0 Å². The van der Waals surface area contributed by atoms with Gasteiger partial charge in [-0.1, -0.05) is 29.8 Å². The van der Waals surface area contributed by atoms with Gasteiger partial charge in [0.2, 0.25) is 0 Å². The van der Waals surface area contributed by atoms with Crippen molar-refractivity contribution in [2.75, 3.05) is 19.6 Å². The lowest BCUT2D eigenvalue weighted by atomic mass is 10.0. The number of benzene rings is 1. The number of hydrogen-bond donors (Lipinski definition) is 1. The lowest BCUT2D eigenvalue weighted by Gasteiger charge is -2.20. The molecule has 0 radical (unpaired) electrons. The number of hydrogen-bond acceptors (Lipinski definition) is 3. The summed E-state index contributed by atoms with van der Waals surface area (Å²) in [6, 6.07) is 8.78. The van der Waals surface area contributed by atoms with Crippen LogP contribution in [0.5, 0.6) is 0 Å². The number of aryl methyl sites for hydroxylation is 1. The summed E-state index contributed by atoms with van der Waals surface area (Å²) in [5.41, 5.74) is 2.31. The molecule has 1 heterocycles. The molecule has 0 saturated carbocycles. The molecule has 4 nitrogen and oxygen atoms in total. The first-order valence-electron chi connectivity index (χ1n) is 9.06. The van der Waals surface area contributed by atoms with Crippen molar-refractivity contribution in [3.63, 3.8) is 0 Å². The SMILES string of the molecule is Cc1cccc(CN2CCC(CCCNC(=O)OC(C)(C)C)C2)c1. The molecule has 1 unspecified atom stereocenters. The lowest BCUT2D eigenvalue weighted by molar-refractivity contribution is 0.0526. The number of alkyl carbamates (subject to hydrolysis) is 1. The molecule has 1 aliphatic heterocycles. The van der Waals surface area contributed by atoms with Crippen LogP contribution in [0.25, 0.3) is 0 Å². The molecule has 1 atom stereocenters. The van der Waals surface area contributed by atoms with Crippen molar-refractivity contribution in [1.29, 1.82) is 0 Å². The van der Waals surface area contributed by atoms with Gasteiger partial charge < -0.3 is 10.1 Å². The van der Waals surface area contributed by atoms with E-state index < -0.39 is 5.60 Å². The van der Waals surface area contributed by atoms with E-state index in [9.17, 15) is 4.79 Å². The Labute approximate surface area is 146 Å². The summed E-state index contributed by atoms with van der Waals surface area (Å²) in [5, 5.41) is 2.85. The van der Waals surface area contributed by atoms with Crippen LogP contribution < -0.4 is 5.32 Å². The van der Waals surface area contributed by atoms with E-state index in [2.05, 4.69) is 41.4 Å². The van der Waals surface area contributed by atoms with Crippen molar-refractivity contribution in [2.24, 2.45) is 5.92 Å². The maximum Gasteiger partial charge on any atom is 0.407 e. The Balaban J connectivity index is 1.61. The monoisotopic (exact) mass is 332 g/mol. The Bertz CT molecular complexity index is 537. The molecule has 1 fully saturated rings. The standard InChI is InChI=1S/C20H32N2O2/c1-16-7-5-8-18(13-16)15-22-12-10-17(14-22)9-6-11-21-19(23)24-20(2,3)4/h5,7-8,13,17H,6,9-12,14-15H2,1-4H3,(H,21,23). The topological polar surface area (TPSA) is 41.6 Å². The highest BCUT2D eigenvalue weighted by atomic mass is 16.6. The number of likely N-dealkylation sites (tertiary alicyclic amines) is 1. The van der Waals surface area contributed by atoms with Crippen LogP contribution in [0.4, 0.5) is 4.79 Å². The summed E-state index contributed by atoms with van der Waals surface area (Å²) < 4.78 is 5.24. The van der Waals surface area contributed by atoms with Crippen LogP contribution in [0.15, 0.2) is 24.3 Å². The Morgan fingerprint density at radius 1 is 1.38 bits per heavy atom. The predicted molar refractivity (Wildman–Crippen MR) is 98.0 cm³/mol. The smallest absolute Gasteiger partial charge is 0.407 e. The molecule has 1 saturated heterocycles. The van der Waals surface area contributed by atoms with Crippen LogP contribution in [0.3, 0.4) is 0 Å². The van der Waals surface area contributed by atoms with Gasteiger partial charge in [0.15, 0.2) is 0 Å². The minimum absolute atomic E-state index is 0.310. The fraction of sp³-hybridized carbons (Fsp3) is 0.650. The number of ether oxygens (including phenoxy) is 1. The highest BCUT2D eigenvalue weighted by molar-refractivity contribution is 5.67. The van der Waals surface area contributed by atoms with E-state index in [1.807, 2.05) is 20.8 Å². The first-order valence-corrected chi connectivity index (χ1v) is 9.06. The van der Waals surface area contributed by atoms with Gasteiger partial charge in [0.05, 0.1) is 0 Å². The van der Waals surface area contributed by atoms with Crippen LogP contribution in [0.1, 0.15) is 51.2 Å². The third kappa shape index (κ3) is 6.91. The van der Waals surface area contributed by atoms with Crippen molar-refractivity contribution in [1.82, 2.24) is 10.2 Å². The largest absolute Gasteiger partial charge is 0.444 e. The summed E-state index contributed by atoms with van der Waals surface area (Å²) in [4.78, 5) is 14.1. The van der Waals surface area contributed by atoms with Crippen molar-refractivity contribution in [3.8, 4) is 0 Å². The molecule has 1 aromatic rings. The number of nitrogens with one attached hydrogen (secondary N) is 1. The number of nitrogens with zero attached hydrogens (tertiary/aromatic N) is 1. The van der Waals surface area contributed by atoms with Crippen molar-refractivity contribution < 1.29 is 9.53 Å². The van der Waals surface area contributed by atoms with Crippen molar-refractivity contribution in [2.45, 2.75) is 59.1 Å². The molecule has 1 aromatic carbocycles. The minimum atomic E-state index is -0.425. The second-order valence-electron chi connectivity index (χ2n) is 7.95. The molecule has 1 N–H and O–H groups in total. The number of carbonyl (C=O) groups is 1. The Morgan fingerprint density at radius 2 is 2.17 bits per heavy atom. The molecule has 4 heteroatoms. The van der Waals surface area contributed by atoms with Gasteiger partial charge in [0, 0.05) is 19.6 Å². The first-order chi connectivity index (χ1) is 11.3. The van der Waals surface area contributed by atoms with Gasteiger partial charge >= 0.3 is 6.09 Å². The van der Waals surface area contributed by atoms with Crippen LogP contribution >= 0.6 is 0 Å². The first kappa shape index (κ1) is 18.8. The average Bonchev–Trinajstić information content (AvgIpc) is 2.89. The highest BCUT2D eigenvalue weighted by Gasteiger charge is 2.22. The zero-order valence-corrected chi connectivity index (χ0v) is 15.6. The van der Waals surface area contributed by atoms with Gasteiger partial charge in [0.25, 0.3) is 0 Å². The average molecular weight is 332 g/mol. The number of rotatable bonds is 6. The van der Waals surface area contributed by atoms with E-state index >= 15 is 0 Å². The van der Waals surface area contributed by atoms with Crippen molar-refractivity contribution in [3.05, 3.63) is 35.4 Å². The summed E-state index contributed by atoms with van der Waals surface area (Å²) in [7, 11) is 0. The molecular weight excluding hydrogens is 300 g/mol. The second-order valence-corrected chi connectivity index (χ2v) is 7.95. The molecule has 0 aliphatic carbocycles. The highest BCUT2D eigenvalue weighted by Crippen LogP contribution is 2.22. The van der Waals surface area contributed by atoms with E-state index in [-0.39, 0.29) is 6.09 Å². The maximum absolute atomic E-state index is 11.6. The zero-order valence-electron chi connectivity index (χ0n) is 15.6. The molecule has 0 spiro atoms. The summed E-state index contributed by atoms with van der Waals surface area (Å²) in [6.45, 7) is 11.9. The second kappa shape index (κ2) is 8.52. The van der Waals surface area contributed by atoms with E-state index in [1.54, 1.807) is 0 Å². The van der Waals surface area contributed by atoms with Crippen LogP contribution in [-0.2, 0) is 11.3 Å². The Hall–Kier alpha value is -1.55. The molecule has 2 rings (SSSR count). The van der Waals surface area contributed by atoms with Crippen LogP contribution in [-0.4, -0.2) is 36.2 Å². The quantitative estimate of drug-likeness (QED) is 0.797.